The molecule has 7 nitrogen and oxygen atoms in total. The normalized spacial score (nSPS) is 22.2. The van der Waals surface area contributed by atoms with Crippen molar-refractivity contribution in [2.45, 2.75) is 71.0 Å². The first-order valence-corrected chi connectivity index (χ1v) is 10.8. The Morgan fingerprint density at radius 1 is 1.04 bits per heavy atom. The van der Waals surface area contributed by atoms with Gasteiger partial charge in [0.05, 0.1) is 0 Å². The lowest BCUT2D eigenvalue weighted by Gasteiger charge is -2.29. The van der Waals surface area contributed by atoms with Crippen LogP contribution in [0.2, 0.25) is 6.04 Å². The molecule has 0 radical (unpaired) electrons. The molecule has 8 heteroatoms. The van der Waals surface area contributed by atoms with Gasteiger partial charge < -0.3 is 18.6 Å². The third kappa shape index (κ3) is 7.26. The Hall–Kier alpha value is -0.543. The summed E-state index contributed by atoms with van der Waals surface area (Å²) in [5, 5.41) is 14.3. The average Bonchev–Trinajstić information content (AvgIpc) is 2.53. The fourth-order valence-corrected chi connectivity index (χ4v) is 5.72. The number of hydrogen-bond donors (Lipinski definition) is 1. The zero-order chi connectivity index (χ0) is 17.1. The molecular formula is C15H32N2O5Si. The van der Waals surface area contributed by atoms with E-state index in [9.17, 15) is 10.1 Å². The highest BCUT2D eigenvalue weighted by molar-refractivity contribution is 6.60. The maximum absolute atomic E-state index is 10.8. The molecule has 1 aliphatic rings. The standard InChI is InChI=1S/C15H32N2O5Si/c1-4-20-23(21-5-2,22-6-3)13-7-12-16-14-8-10-15(11-9-14)17(18)19/h14-16H,4-13H2,1-3H3. The van der Waals surface area contributed by atoms with E-state index in [1.54, 1.807) is 0 Å². The number of nitrogens with zero attached hydrogens (tertiary/aromatic N) is 1. The van der Waals surface area contributed by atoms with Gasteiger partial charge >= 0.3 is 8.80 Å². The van der Waals surface area contributed by atoms with E-state index in [0.717, 1.165) is 31.9 Å². The second kappa shape index (κ2) is 11.1. The van der Waals surface area contributed by atoms with Crippen LogP contribution in [0.5, 0.6) is 0 Å². The van der Waals surface area contributed by atoms with Crippen molar-refractivity contribution in [3.05, 3.63) is 10.1 Å². The van der Waals surface area contributed by atoms with Crippen molar-refractivity contribution in [1.82, 2.24) is 5.32 Å². The highest BCUT2D eigenvalue weighted by atomic mass is 28.4. The highest BCUT2D eigenvalue weighted by Gasteiger charge is 2.39. The second-order valence-corrected chi connectivity index (χ2v) is 8.56. The van der Waals surface area contributed by atoms with Crippen LogP contribution in [0.15, 0.2) is 0 Å². The van der Waals surface area contributed by atoms with Gasteiger partial charge in [0, 0.05) is 49.7 Å². The maximum atomic E-state index is 10.8. The lowest BCUT2D eigenvalue weighted by molar-refractivity contribution is -0.526. The lowest BCUT2D eigenvalue weighted by Crippen LogP contribution is -2.46. The zero-order valence-corrected chi connectivity index (χ0v) is 15.7. The summed E-state index contributed by atoms with van der Waals surface area (Å²) in [7, 11) is -2.54. The highest BCUT2D eigenvalue weighted by Crippen LogP contribution is 2.21. The summed E-state index contributed by atoms with van der Waals surface area (Å²) in [5.74, 6) is 0. The maximum Gasteiger partial charge on any atom is 0.500 e. The van der Waals surface area contributed by atoms with Gasteiger partial charge in [-0.05, 0) is 46.6 Å². The Labute approximate surface area is 140 Å². The number of rotatable bonds is 12. The SMILES string of the molecule is CCO[Si](CCCNC1CCC([N+](=O)[O-])CC1)(OCC)OCC. The molecular weight excluding hydrogens is 316 g/mol. The van der Waals surface area contributed by atoms with E-state index in [2.05, 4.69) is 5.32 Å². The Morgan fingerprint density at radius 2 is 1.57 bits per heavy atom. The summed E-state index contributed by atoms with van der Waals surface area (Å²) >= 11 is 0. The van der Waals surface area contributed by atoms with Crippen molar-refractivity contribution in [2.24, 2.45) is 0 Å². The van der Waals surface area contributed by atoms with Gasteiger partial charge in [-0.3, -0.25) is 10.1 Å². The second-order valence-electron chi connectivity index (χ2n) is 5.83. The molecule has 0 atom stereocenters. The van der Waals surface area contributed by atoms with Crippen LogP contribution in [0.25, 0.3) is 0 Å². The number of hydrogen-bond acceptors (Lipinski definition) is 6. The Kier molecular flexibility index (Phi) is 9.88. The van der Waals surface area contributed by atoms with Crippen LogP contribution >= 0.6 is 0 Å². The summed E-state index contributed by atoms with van der Waals surface area (Å²) in [6.07, 6.45) is 4.06. The Balaban J connectivity index is 2.29. The minimum absolute atomic E-state index is 0.136. The molecule has 1 fully saturated rings. The first-order valence-electron chi connectivity index (χ1n) is 8.85. The molecule has 1 aliphatic carbocycles. The summed E-state index contributed by atoms with van der Waals surface area (Å²) < 4.78 is 17.5. The molecule has 1 rings (SSSR count). The van der Waals surface area contributed by atoms with Gasteiger partial charge in [0.2, 0.25) is 6.04 Å². The lowest BCUT2D eigenvalue weighted by atomic mass is 9.91. The molecule has 0 bridgehead atoms. The van der Waals surface area contributed by atoms with Gasteiger partial charge in [0.1, 0.15) is 0 Å². The molecule has 0 spiro atoms. The predicted molar refractivity (Wildman–Crippen MR) is 91.1 cm³/mol. The van der Waals surface area contributed by atoms with Gasteiger partial charge in [0.25, 0.3) is 0 Å². The topological polar surface area (TPSA) is 82.9 Å². The van der Waals surface area contributed by atoms with Crippen molar-refractivity contribution in [3.63, 3.8) is 0 Å². The third-order valence-electron chi connectivity index (χ3n) is 4.18. The molecule has 0 aromatic rings. The third-order valence-corrected chi connectivity index (χ3v) is 7.33. The summed E-state index contributed by atoms with van der Waals surface area (Å²) in [6.45, 7) is 8.57. The minimum atomic E-state index is -2.54. The van der Waals surface area contributed by atoms with Gasteiger partial charge in [-0.1, -0.05) is 0 Å². The Bertz CT molecular complexity index is 321. The molecule has 0 aliphatic heterocycles. The van der Waals surface area contributed by atoms with E-state index < -0.39 is 8.80 Å². The minimum Gasteiger partial charge on any atom is -0.374 e. The van der Waals surface area contributed by atoms with Crippen LogP contribution in [0.4, 0.5) is 0 Å². The zero-order valence-electron chi connectivity index (χ0n) is 14.7. The summed E-state index contributed by atoms with van der Waals surface area (Å²) in [6, 6.07) is 0.857. The first kappa shape index (κ1) is 20.5. The van der Waals surface area contributed by atoms with Gasteiger partial charge in [-0.2, -0.15) is 0 Å². The van der Waals surface area contributed by atoms with Gasteiger partial charge in [-0.15, -0.1) is 0 Å². The molecule has 0 unspecified atom stereocenters. The van der Waals surface area contributed by atoms with Gasteiger partial charge in [0.15, 0.2) is 0 Å². The first-order chi connectivity index (χ1) is 11.1. The summed E-state index contributed by atoms with van der Waals surface area (Å²) in [4.78, 5) is 10.6. The molecule has 0 heterocycles. The molecule has 0 amide bonds. The molecule has 0 aromatic heterocycles. The van der Waals surface area contributed by atoms with Gasteiger partial charge in [-0.25, -0.2) is 0 Å². The molecule has 23 heavy (non-hydrogen) atoms. The molecule has 1 saturated carbocycles. The quantitative estimate of drug-likeness (QED) is 0.253. The smallest absolute Gasteiger partial charge is 0.374 e. The van der Waals surface area contributed by atoms with Crippen molar-refractivity contribution >= 4 is 8.80 Å². The van der Waals surface area contributed by atoms with Crippen LogP contribution in [0, 0.1) is 10.1 Å². The monoisotopic (exact) mass is 348 g/mol. The van der Waals surface area contributed by atoms with E-state index in [-0.39, 0.29) is 11.0 Å². The number of nitrogens with one attached hydrogen (secondary N) is 1. The molecule has 136 valence electrons. The van der Waals surface area contributed by atoms with E-state index in [1.165, 1.54) is 0 Å². The van der Waals surface area contributed by atoms with Crippen LogP contribution in [0.3, 0.4) is 0 Å². The largest absolute Gasteiger partial charge is 0.500 e. The van der Waals surface area contributed by atoms with E-state index in [0.29, 0.717) is 38.7 Å². The fraction of sp³-hybridized carbons (Fsp3) is 1.00. The fourth-order valence-electron chi connectivity index (χ4n) is 3.10. The van der Waals surface area contributed by atoms with Crippen molar-refractivity contribution in [3.8, 4) is 0 Å². The van der Waals surface area contributed by atoms with E-state index in [1.807, 2.05) is 20.8 Å². The predicted octanol–water partition coefficient (Wildman–Crippen LogP) is 2.60. The van der Waals surface area contributed by atoms with Crippen LogP contribution in [-0.4, -0.2) is 52.2 Å². The van der Waals surface area contributed by atoms with Crippen molar-refractivity contribution in [2.75, 3.05) is 26.4 Å². The number of nitro groups is 1. The summed E-state index contributed by atoms with van der Waals surface area (Å²) in [5.41, 5.74) is 0. The molecule has 0 aromatic carbocycles. The van der Waals surface area contributed by atoms with E-state index >= 15 is 0 Å². The average molecular weight is 349 g/mol. The van der Waals surface area contributed by atoms with Crippen molar-refractivity contribution < 1.29 is 18.2 Å². The van der Waals surface area contributed by atoms with E-state index in [4.69, 9.17) is 13.3 Å². The van der Waals surface area contributed by atoms with Crippen LogP contribution < -0.4 is 5.32 Å². The van der Waals surface area contributed by atoms with Crippen LogP contribution in [-0.2, 0) is 13.3 Å². The Morgan fingerprint density at radius 3 is 2.00 bits per heavy atom. The van der Waals surface area contributed by atoms with Crippen molar-refractivity contribution in [1.29, 1.82) is 0 Å². The molecule has 0 saturated heterocycles. The van der Waals surface area contributed by atoms with Crippen LogP contribution in [0.1, 0.15) is 52.9 Å². The molecule has 1 N–H and O–H groups in total.